The number of esters is 1. The van der Waals surface area contributed by atoms with Crippen molar-refractivity contribution < 1.29 is 29.3 Å². The lowest BCUT2D eigenvalue weighted by Gasteiger charge is -2.25. The second-order valence-electron chi connectivity index (χ2n) is 7.66. The average Bonchev–Trinajstić information content (AvgIpc) is 3.11. The largest absolute Gasteiger partial charge is 0.508 e. The number of carbonyl (C=O) groups excluding carboxylic acids is 3. The van der Waals surface area contributed by atoms with Crippen molar-refractivity contribution in [3.8, 4) is 5.75 Å². The van der Waals surface area contributed by atoms with Crippen molar-refractivity contribution in [1.29, 1.82) is 0 Å². The van der Waals surface area contributed by atoms with E-state index in [4.69, 9.17) is 27.9 Å². The van der Waals surface area contributed by atoms with Crippen molar-refractivity contribution in [3.05, 3.63) is 99.0 Å². The van der Waals surface area contributed by atoms with E-state index in [2.05, 4.69) is 0 Å². The molecule has 1 saturated heterocycles. The van der Waals surface area contributed by atoms with Gasteiger partial charge in [-0.25, -0.2) is 4.79 Å². The Balaban J connectivity index is 1.87. The number of rotatable bonds is 5. The zero-order valence-corrected chi connectivity index (χ0v) is 19.9. The van der Waals surface area contributed by atoms with Crippen LogP contribution in [0.15, 0.2) is 72.3 Å². The number of hydrogen-bond donors (Lipinski definition) is 2. The maximum Gasteiger partial charge on any atom is 0.338 e. The third-order valence-electron chi connectivity index (χ3n) is 5.50. The first kappa shape index (κ1) is 24.3. The Hall–Kier alpha value is -3.81. The van der Waals surface area contributed by atoms with Crippen molar-refractivity contribution >= 4 is 52.3 Å². The molecule has 7 nitrogen and oxygen atoms in total. The molecule has 1 amide bonds. The molecule has 0 bridgehead atoms. The first-order valence-corrected chi connectivity index (χ1v) is 11.3. The molecule has 9 heteroatoms. The number of hydrogen-bond acceptors (Lipinski definition) is 6. The quantitative estimate of drug-likeness (QED) is 0.203. The van der Waals surface area contributed by atoms with E-state index in [9.17, 15) is 24.6 Å². The number of ether oxygens (including phenoxy) is 1. The number of phenolic OH excluding ortho intramolecular Hbond substituents is 1. The van der Waals surface area contributed by atoms with Crippen molar-refractivity contribution in [2.24, 2.45) is 0 Å². The summed E-state index contributed by atoms with van der Waals surface area (Å²) in [5, 5.41) is 21.3. The molecule has 1 unspecified atom stereocenters. The van der Waals surface area contributed by atoms with Crippen molar-refractivity contribution in [2.45, 2.75) is 13.0 Å². The van der Waals surface area contributed by atoms with Crippen molar-refractivity contribution in [2.75, 3.05) is 11.5 Å². The summed E-state index contributed by atoms with van der Waals surface area (Å²) in [6, 6.07) is 15.3. The number of Topliss-reactive ketones (excluding diaryl/α,β-unsaturated/α-hetero) is 1. The standard InChI is InChI=1S/C26H19Cl2NO6/c1-2-35-26(34)15-3-8-17(9-4-15)29-22(14-5-10-18(30)11-6-14)21(24(32)25(29)33)23(31)16-7-12-19(27)20(28)13-16/h3-13,22,30-31H,2H2,1H3/b23-21-. The van der Waals surface area contributed by atoms with Gasteiger partial charge in [0.1, 0.15) is 11.5 Å². The van der Waals surface area contributed by atoms with E-state index in [1.165, 1.54) is 59.5 Å². The smallest absolute Gasteiger partial charge is 0.338 e. The molecule has 0 saturated carbocycles. The number of aromatic hydroxyl groups is 1. The zero-order chi connectivity index (χ0) is 25.3. The summed E-state index contributed by atoms with van der Waals surface area (Å²) in [5.74, 6) is -2.72. The summed E-state index contributed by atoms with van der Waals surface area (Å²) >= 11 is 12.1. The average molecular weight is 512 g/mol. The van der Waals surface area contributed by atoms with E-state index >= 15 is 0 Å². The van der Waals surface area contributed by atoms with Gasteiger partial charge in [-0.2, -0.15) is 0 Å². The van der Waals surface area contributed by atoms with Crippen LogP contribution in [0.2, 0.25) is 10.0 Å². The van der Waals surface area contributed by atoms with E-state index in [0.29, 0.717) is 11.3 Å². The second-order valence-corrected chi connectivity index (χ2v) is 8.47. The van der Waals surface area contributed by atoms with Crippen molar-refractivity contribution in [3.63, 3.8) is 0 Å². The number of carbonyl (C=O) groups is 3. The van der Waals surface area contributed by atoms with Crippen LogP contribution in [0.3, 0.4) is 0 Å². The molecule has 1 atom stereocenters. The molecular weight excluding hydrogens is 493 g/mol. The lowest BCUT2D eigenvalue weighted by atomic mass is 9.95. The molecule has 0 radical (unpaired) electrons. The van der Waals surface area contributed by atoms with E-state index in [1.807, 2.05) is 0 Å². The summed E-state index contributed by atoms with van der Waals surface area (Å²) in [7, 11) is 0. The fourth-order valence-electron chi connectivity index (χ4n) is 3.84. The number of aliphatic hydroxyl groups is 1. The minimum Gasteiger partial charge on any atom is -0.508 e. The predicted octanol–water partition coefficient (Wildman–Crippen LogP) is 5.50. The molecule has 3 aromatic rings. The van der Waals surface area contributed by atoms with Gasteiger partial charge in [0.25, 0.3) is 11.7 Å². The SMILES string of the molecule is CCOC(=O)c1ccc(N2C(=O)C(=O)/C(=C(\O)c3ccc(Cl)c(Cl)c3)C2c2ccc(O)cc2)cc1. The van der Waals surface area contributed by atoms with Crippen LogP contribution in [-0.2, 0) is 14.3 Å². The normalized spacial score (nSPS) is 17.0. The molecule has 0 spiro atoms. The van der Waals surface area contributed by atoms with Crippen molar-refractivity contribution in [1.82, 2.24) is 0 Å². The summed E-state index contributed by atoms with van der Waals surface area (Å²) in [6.45, 7) is 1.90. The molecule has 1 aliphatic heterocycles. The van der Waals surface area contributed by atoms with Gasteiger partial charge >= 0.3 is 5.97 Å². The number of halogens is 2. The van der Waals surface area contributed by atoms with E-state index in [1.54, 1.807) is 19.1 Å². The van der Waals surface area contributed by atoms with Crippen LogP contribution in [0.5, 0.6) is 5.75 Å². The van der Waals surface area contributed by atoms with Crippen LogP contribution in [-0.4, -0.2) is 34.5 Å². The van der Waals surface area contributed by atoms with Crippen LogP contribution in [0.1, 0.15) is 34.5 Å². The Kier molecular flexibility index (Phi) is 6.82. The monoisotopic (exact) mass is 511 g/mol. The summed E-state index contributed by atoms with van der Waals surface area (Å²) < 4.78 is 4.99. The van der Waals surface area contributed by atoms with Gasteiger partial charge in [0.2, 0.25) is 0 Å². The van der Waals surface area contributed by atoms with Gasteiger partial charge in [0, 0.05) is 11.3 Å². The van der Waals surface area contributed by atoms with Crippen LogP contribution in [0.25, 0.3) is 5.76 Å². The van der Waals surface area contributed by atoms with Gasteiger partial charge in [-0.1, -0.05) is 35.3 Å². The van der Waals surface area contributed by atoms with Crippen LogP contribution >= 0.6 is 23.2 Å². The third-order valence-corrected chi connectivity index (χ3v) is 6.24. The molecule has 0 aromatic heterocycles. The molecule has 1 heterocycles. The Morgan fingerprint density at radius 3 is 2.17 bits per heavy atom. The zero-order valence-electron chi connectivity index (χ0n) is 18.4. The van der Waals surface area contributed by atoms with Gasteiger partial charge < -0.3 is 14.9 Å². The van der Waals surface area contributed by atoms with E-state index in [-0.39, 0.29) is 39.1 Å². The van der Waals surface area contributed by atoms with E-state index < -0.39 is 29.5 Å². The molecule has 3 aromatic carbocycles. The molecule has 35 heavy (non-hydrogen) atoms. The highest BCUT2D eigenvalue weighted by atomic mass is 35.5. The number of aliphatic hydroxyl groups excluding tert-OH is 1. The molecule has 4 rings (SSSR count). The molecule has 0 aliphatic carbocycles. The number of amides is 1. The highest BCUT2D eigenvalue weighted by Gasteiger charge is 2.47. The summed E-state index contributed by atoms with van der Waals surface area (Å²) in [4.78, 5) is 39.6. The maximum absolute atomic E-state index is 13.2. The Labute approximate surface area is 210 Å². The summed E-state index contributed by atoms with van der Waals surface area (Å²) in [5.41, 5.74) is 1.13. The third kappa shape index (κ3) is 4.60. The van der Waals surface area contributed by atoms with E-state index in [0.717, 1.165) is 0 Å². The molecule has 1 aliphatic rings. The lowest BCUT2D eigenvalue weighted by molar-refractivity contribution is -0.132. The Morgan fingerprint density at radius 1 is 0.943 bits per heavy atom. The first-order chi connectivity index (χ1) is 16.7. The molecule has 2 N–H and O–H groups in total. The number of phenols is 1. The minimum atomic E-state index is -1.02. The van der Waals surface area contributed by atoms with Gasteiger partial charge in [-0.15, -0.1) is 0 Å². The Bertz CT molecular complexity index is 1350. The highest BCUT2D eigenvalue weighted by molar-refractivity contribution is 6.51. The number of anilines is 1. The number of nitrogens with zero attached hydrogens (tertiary/aromatic N) is 1. The van der Waals surface area contributed by atoms with Gasteiger partial charge in [0.15, 0.2) is 0 Å². The van der Waals surface area contributed by atoms with Gasteiger partial charge in [0.05, 0.1) is 33.8 Å². The predicted molar refractivity (Wildman–Crippen MR) is 132 cm³/mol. The van der Waals surface area contributed by atoms with Gasteiger partial charge in [-0.3, -0.25) is 14.5 Å². The first-order valence-electron chi connectivity index (χ1n) is 10.6. The molecular formula is C26H19Cl2NO6. The fraction of sp³-hybridized carbons (Fsp3) is 0.115. The minimum absolute atomic E-state index is 0.00558. The summed E-state index contributed by atoms with van der Waals surface area (Å²) in [6.07, 6.45) is 0. The lowest BCUT2D eigenvalue weighted by Crippen LogP contribution is -2.29. The van der Waals surface area contributed by atoms with Crippen LogP contribution < -0.4 is 4.90 Å². The fourth-order valence-corrected chi connectivity index (χ4v) is 4.14. The highest BCUT2D eigenvalue weighted by Crippen LogP contribution is 2.43. The second kappa shape index (κ2) is 9.82. The maximum atomic E-state index is 13.2. The molecule has 178 valence electrons. The molecule has 1 fully saturated rings. The number of ketones is 1. The Morgan fingerprint density at radius 2 is 1.57 bits per heavy atom. The number of benzene rings is 3. The van der Waals surface area contributed by atoms with Crippen LogP contribution in [0.4, 0.5) is 5.69 Å². The van der Waals surface area contributed by atoms with Gasteiger partial charge in [-0.05, 0) is 67.1 Å². The van der Waals surface area contributed by atoms with Crippen LogP contribution in [0, 0.1) is 0 Å². The topological polar surface area (TPSA) is 104 Å².